The van der Waals surface area contributed by atoms with E-state index in [1.807, 2.05) is 35.2 Å². The molecule has 5 heteroatoms. The Balaban J connectivity index is 1.27. The molecule has 2 aliphatic heterocycles. The second kappa shape index (κ2) is 9.86. The summed E-state index contributed by atoms with van der Waals surface area (Å²) >= 11 is 0. The summed E-state index contributed by atoms with van der Waals surface area (Å²) in [5.74, 6) is 0.0686. The fourth-order valence-corrected chi connectivity index (χ4v) is 5.02. The number of nitrogens with one attached hydrogen (secondary N) is 1. The van der Waals surface area contributed by atoms with Crippen molar-refractivity contribution in [1.82, 2.24) is 10.2 Å². The number of hydrogen-bond donors (Lipinski definition) is 1. The number of benzene rings is 3. The van der Waals surface area contributed by atoms with E-state index in [4.69, 9.17) is 4.74 Å². The van der Waals surface area contributed by atoms with Gasteiger partial charge in [0.05, 0.1) is 12.6 Å². The molecule has 0 aliphatic carbocycles. The van der Waals surface area contributed by atoms with Crippen LogP contribution in [0.4, 0.5) is 4.39 Å². The van der Waals surface area contributed by atoms with Gasteiger partial charge in [-0.2, -0.15) is 0 Å². The lowest BCUT2D eigenvalue weighted by molar-refractivity contribution is -0.143. The van der Waals surface area contributed by atoms with Gasteiger partial charge in [0.2, 0.25) is 0 Å². The zero-order valence-corrected chi connectivity index (χ0v) is 18.6. The molecule has 3 aromatic rings. The molecule has 0 bridgehead atoms. The normalized spacial score (nSPS) is 22.2. The SMILES string of the molecule is O=C([C@@H]1CC(CNCc2ccccc2)CO1)N1CCc2ccccc2[C@@H]1c1ccc(F)cc1. The van der Waals surface area contributed by atoms with Gasteiger partial charge < -0.3 is 15.0 Å². The van der Waals surface area contributed by atoms with Gasteiger partial charge in [-0.1, -0.05) is 66.7 Å². The third-order valence-electron chi connectivity index (χ3n) is 6.71. The smallest absolute Gasteiger partial charge is 0.252 e. The molecular weight excluding hydrogens is 415 g/mol. The predicted molar refractivity (Wildman–Crippen MR) is 126 cm³/mol. The van der Waals surface area contributed by atoms with Gasteiger partial charge in [-0.15, -0.1) is 0 Å². The number of rotatable bonds is 6. The molecule has 0 saturated carbocycles. The molecule has 3 aromatic carbocycles. The largest absolute Gasteiger partial charge is 0.368 e. The number of halogens is 1. The van der Waals surface area contributed by atoms with Crippen LogP contribution in [0.3, 0.4) is 0 Å². The van der Waals surface area contributed by atoms with Crippen LogP contribution in [-0.4, -0.2) is 36.6 Å². The van der Waals surface area contributed by atoms with Crippen LogP contribution in [0.2, 0.25) is 0 Å². The van der Waals surface area contributed by atoms with Gasteiger partial charge in [0.1, 0.15) is 11.9 Å². The summed E-state index contributed by atoms with van der Waals surface area (Å²) in [6.07, 6.45) is 1.10. The standard InChI is InChI=1S/C28H29FN2O2/c29-24-12-10-23(11-13-24)27-25-9-5-4-8-22(25)14-15-31(27)28(32)26-16-21(19-33-26)18-30-17-20-6-2-1-3-7-20/h1-13,21,26-27,30H,14-19H2/t21?,26-,27-/m0/s1. The molecule has 2 heterocycles. The van der Waals surface area contributed by atoms with Crippen molar-refractivity contribution in [3.8, 4) is 0 Å². The minimum atomic E-state index is -0.429. The maximum Gasteiger partial charge on any atom is 0.252 e. The third-order valence-corrected chi connectivity index (χ3v) is 6.71. The fraction of sp³-hybridized carbons (Fsp3) is 0.321. The van der Waals surface area contributed by atoms with Gasteiger partial charge in [0, 0.05) is 19.6 Å². The zero-order chi connectivity index (χ0) is 22.6. The van der Waals surface area contributed by atoms with Gasteiger partial charge in [0.25, 0.3) is 5.91 Å². The number of carbonyl (C=O) groups is 1. The molecule has 2 aliphatic rings. The minimum absolute atomic E-state index is 0.0318. The molecule has 0 spiro atoms. The van der Waals surface area contributed by atoms with Crippen molar-refractivity contribution in [3.05, 3.63) is 107 Å². The Hall–Kier alpha value is -3.02. The van der Waals surface area contributed by atoms with Gasteiger partial charge in [-0.3, -0.25) is 4.79 Å². The summed E-state index contributed by atoms with van der Waals surface area (Å²) in [4.78, 5) is 15.5. The highest BCUT2D eigenvalue weighted by atomic mass is 19.1. The van der Waals surface area contributed by atoms with Crippen molar-refractivity contribution in [2.24, 2.45) is 5.92 Å². The molecule has 4 nitrogen and oxygen atoms in total. The van der Waals surface area contributed by atoms with E-state index in [1.165, 1.54) is 23.3 Å². The van der Waals surface area contributed by atoms with Gasteiger partial charge in [-0.05, 0) is 53.1 Å². The zero-order valence-electron chi connectivity index (χ0n) is 18.6. The van der Waals surface area contributed by atoms with E-state index < -0.39 is 6.10 Å². The molecular formula is C28H29FN2O2. The number of ether oxygens (including phenoxy) is 1. The quantitative estimate of drug-likeness (QED) is 0.609. The maximum absolute atomic E-state index is 13.6. The molecule has 0 radical (unpaired) electrons. The Morgan fingerprint density at radius 2 is 1.76 bits per heavy atom. The Labute approximate surface area is 194 Å². The average Bonchev–Trinajstić information content (AvgIpc) is 3.33. The van der Waals surface area contributed by atoms with Crippen LogP contribution in [0.25, 0.3) is 0 Å². The van der Waals surface area contributed by atoms with E-state index >= 15 is 0 Å². The molecule has 1 saturated heterocycles. The molecule has 1 fully saturated rings. The van der Waals surface area contributed by atoms with E-state index in [1.54, 1.807) is 12.1 Å². The van der Waals surface area contributed by atoms with Crippen molar-refractivity contribution in [2.75, 3.05) is 19.7 Å². The van der Waals surface area contributed by atoms with Crippen molar-refractivity contribution >= 4 is 5.91 Å². The predicted octanol–water partition coefficient (Wildman–Crippen LogP) is 4.49. The van der Waals surface area contributed by atoms with Crippen LogP contribution in [0.5, 0.6) is 0 Å². The average molecular weight is 445 g/mol. The van der Waals surface area contributed by atoms with E-state index in [-0.39, 0.29) is 17.8 Å². The van der Waals surface area contributed by atoms with Gasteiger partial charge >= 0.3 is 0 Å². The van der Waals surface area contributed by atoms with Crippen LogP contribution in [0.1, 0.15) is 34.7 Å². The maximum atomic E-state index is 13.6. The van der Waals surface area contributed by atoms with Crippen molar-refractivity contribution in [1.29, 1.82) is 0 Å². The van der Waals surface area contributed by atoms with E-state index in [0.717, 1.165) is 37.1 Å². The lowest BCUT2D eigenvalue weighted by atomic mass is 9.87. The number of carbonyl (C=O) groups excluding carboxylic acids is 1. The molecule has 170 valence electrons. The number of hydrogen-bond acceptors (Lipinski definition) is 3. The van der Waals surface area contributed by atoms with Gasteiger partial charge in [0.15, 0.2) is 0 Å². The molecule has 1 unspecified atom stereocenters. The molecule has 3 atom stereocenters. The van der Waals surface area contributed by atoms with Crippen LogP contribution >= 0.6 is 0 Å². The number of fused-ring (bicyclic) bond motifs is 1. The Kier molecular flexibility index (Phi) is 6.51. The Bertz CT molecular complexity index is 1090. The summed E-state index contributed by atoms with van der Waals surface area (Å²) in [5.41, 5.74) is 4.53. The van der Waals surface area contributed by atoms with Crippen LogP contribution in [0, 0.1) is 11.7 Å². The summed E-state index contributed by atoms with van der Waals surface area (Å²) < 4.78 is 19.6. The summed E-state index contributed by atoms with van der Waals surface area (Å²) in [5, 5.41) is 3.50. The molecule has 33 heavy (non-hydrogen) atoms. The van der Waals surface area contributed by atoms with Crippen LogP contribution in [-0.2, 0) is 22.5 Å². The van der Waals surface area contributed by atoms with Crippen molar-refractivity contribution < 1.29 is 13.9 Å². The van der Waals surface area contributed by atoms with E-state index in [2.05, 4.69) is 29.6 Å². The Morgan fingerprint density at radius 3 is 2.58 bits per heavy atom. The molecule has 0 aromatic heterocycles. The topological polar surface area (TPSA) is 41.6 Å². The first-order valence-electron chi connectivity index (χ1n) is 11.7. The highest BCUT2D eigenvalue weighted by molar-refractivity contribution is 5.82. The number of nitrogens with zero attached hydrogens (tertiary/aromatic N) is 1. The van der Waals surface area contributed by atoms with Crippen molar-refractivity contribution in [2.45, 2.75) is 31.5 Å². The summed E-state index contributed by atoms with van der Waals surface area (Å²) in [6.45, 7) is 2.85. The van der Waals surface area contributed by atoms with Gasteiger partial charge in [-0.25, -0.2) is 4.39 Å². The minimum Gasteiger partial charge on any atom is -0.368 e. The monoisotopic (exact) mass is 444 g/mol. The van der Waals surface area contributed by atoms with Crippen molar-refractivity contribution in [3.63, 3.8) is 0 Å². The molecule has 5 rings (SSSR count). The first-order valence-corrected chi connectivity index (χ1v) is 11.7. The first-order chi connectivity index (χ1) is 16.2. The lowest BCUT2D eigenvalue weighted by Crippen LogP contribution is -2.45. The summed E-state index contributed by atoms with van der Waals surface area (Å²) in [6, 6.07) is 24.8. The second-order valence-electron chi connectivity index (χ2n) is 8.97. The third kappa shape index (κ3) is 4.85. The lowest BCUT2D eigenvalue weighted by Gasteiger charge is -2.39. The fourth-order valence-electron chi connectivity index (χ4n) is 5.02. The molecule has 1 N–H and O–H groups in total. The molecule has 1 amide bonds. The highest BCUT2D eigenvalue weighted by Crippen LogP contribution is 2.36. The van der Waals surface area contributed by atoms with Crippen LogP contribution < -0.4 is 5.32 Å². The van der Waals surface area contributed by atoms with E-state index in [0.29, 0.717) is 19.1 Å². The summed E-state index contributed by atoms with van der Waals surface area (Å²) in [7, 11) is 0. The van der Waals surface area contributed by atoms with Crippen LogP contribution in [0.15, 0.2) is 78.9 Å². The van der Waals surface area contributed by atoms with E-state index in [9.17, 15) is 9.18 Å². The Morgan fingerprint density at radius 1 is 1.00 bits per heavy atom. The number of amides is 1. The second-order valence-corrected chi connectivity index (χ2v) is 8.97. The highest BCUT2D eigenvalue weighted by Gasteiger charge is 2.39. The first kappa shape index (κ1) is 21.8.